The molecule has 1 atom stereocenters. The van der Waals surface area contributed by atoms with E-state index in [0.717, 1.165) is 12.0 Å². The van der Waals surface area contributed by atoms with Gasteiger partial charge >= 0.3 is 0 Å². The molecule has 1 aromatic heterocycles. The van der Waals surface area contributed by atoms with Crippen molar-refractivity contribution in [3.8, 4) is 0 Å². The number of anilines is 1. The number of carbonyl (C=O) groups is 1. The Labute approximate surface area is 181 Å². The Bertz CT molecular complexity index is 1190. The molecule has 2 heterocycles. The van der Waals surface area contributed by atoms with Gasteiger partial charge in [-0.3, -0.25) is 4.79 Å². The Morgan fingerprint density at radius 1 is 1.16 bits per heavy atom. The number of fused-ring (bicyclic) bond motifs is 1. The van der Waals surface area contributed by atoms with Crippen molar-refractivity contribution < 1.29 is 17.6 Å². The molecule has 0 aliphatic carbocycles. The molecular formula is C23H25N3O4S. The molecule has 2 aromatic carbocycles. The molecule has 1 aliphatic rings. The van der Waals surface area contributed by atoms with Crippen molar-refractivity contribution in [1.82, 2.24) is 5.32 Å². The minimum Gasteiger partial charge on any atom is -0.467 e. The Morgan fingerprint density at radius 2 is 1.90 bits per heavy atom. The van der Waals surface area contributed by atoms with Crippen LogP contribution in [0.15, 0.2) is 70.2 Å². The van der Waals surface area contributed by atoms with Crippen LogP contribution in [0.25, 0.3) is 0 Å². The molecule has 0 fully saturated rings. The second-order valence-electron chi connectivity index (χ2n) is 7.76. The Hall–Kier alpha value is -3.10. The minimum absolute atomic E-state index is 0.0704. The summed E-state index contributed by atoms with van der Waals surface area (Å²) in [5, 5.41) is 8.02. The normalized spacial score (nSPS) is 15.7. The number of nitrogens with zero attached hydrogens (tertiary/aromatic N) is 1. The maximum atomic E-state index is 12.7. The van der Waals surface area contributed by atoms with Crippen molar-refractivity contribution in [2.45, 2.75) is 37.2 Å². The second-order valence-corrected chi connectivity index (χ2v) is 9.32. The predicted molar refractivity (Wildman–Crippen MR) is 118 cm³/mol. The lowest BCUT2D eigenvalue weighted by Crippen LogP contribution is -2.31. The van der Waals surface area contributed by atoms with E-state index in [1.165, 1.54) is 23.4 Å². The number of carbonyl (C=O) groups excluding carboxylic acids is 1. The molecule has 1 amide bonds. The highest BCUT2D eigenvalue weighted by molar-refractivity contribution is 7.89. The zero-order valence-corrected chi connectivity index (χ0v) is 18.1. The zero-order valence-electron chi connectivity index (χ0n) is 17.2. The third kappa shape index (κ3) is 4.65. The molecule has 3 N–H and O–H groups in total. The number of furan rings is 1. The number of hydrogen-bond donors (Lipinski definition) is 2. The van der Waals surface area contributed by atoms with E-state index in [1.807, 2.05) is 12.1 Å². The summed E-state index contributed by atoms with van der Waals surface area (Å²) in [5.41, 5.74) is 3.92. The number of benzene rings is 2. The summed E-state index contributed by atoms with van der Waals surface area (Å²) in [6, 6.07) is 16.7. The van der Waals surface area contributed by atoms with E-state index in [4.69, 9.17) is 9.56 Å². The molecule has 1 unspecified atom stereocenters. The van der Waals surface area contributed by atoms with Gasteiger partial charge in [-0.2, -0.15) is 0 Å². The largest absolute Gasteiger partial charge is 0.467 e. The van der Waals surface area contributed by atoms with Crippen LogP contribution in [0.2, 0.25) is 0 Å². The third-order valence-electron chi connectivity index (χ3n) is 5.60. The fraction of sp³-hybridized carbons (Fsp3) is 0.261. The maximum Gasteiger partial charge on any atom is 0.254 e. The highest BCUT2D eigenvalue weighted by atomic mass is 32.2. The molecule has 7 nitrogen and oxygen atoms in total. The first-order valence-electron chi connectivity index (χ1n) is 10.1. The summed E-state index contributed by atoms with van der Waals surface area (Å²) >= 11 is 0. The number of rotatable bonds is 7. The maximum absolute atomic E-state index is 12.7. The Morgan fingerprint density at radius 3 is 2.65 bits per heavy atom. The lowest BCUT2D eigenvalue weighted by molar-refractivity contribution is 0.0952. The first kappa shape index (κ1) is 21.1. The van der Waals surface area contributed by atoms with Crippen LogP contribution in [-0.4, -0.2) is 26.9 Å². The fourth-order valence-corrected chi connectivity index (χ4v) is 4.47. The van der Waals surface area contributed by atoms with Gasteiger partial charge in [0.25, 0.3) is 5.91 Å². The quantitative estimate of drug-likeness (QED) is 0.589. The molecule has 162 valence electrons. The molecule has 3 aromatic rings. The van der Waals surface area contributed by atoms with Crippen LogP contribution in [0.4, 0.5) is 5.69 Å². The number of para-hydroxylation sites is 1. The Kier molecular flexibility index (Phi) is 5.84. The van der Waals surface area contributed by atoms with E-state index in [2.05, 4.69) is 29.3 Å². The van der Waals surface area contributed by atoms with Gasteiger partial charge < -0.3 is 14.6 Å². The molecule has 0 spiro atoms. The monoisotopic (exact) mass is 439 g/mol. The molecule has 8 heteroatoms. The number of amides is 1. The molecule has 0 saturated heterocycles. The zero-order chi connectivity index (χ0) is 22.0. The highest BCUT2D eigenvalue weighted by Crippen LogP contribution is 2.33. The van der Waals surface area contributed by atoms with Gasteiger partial charge in [0.1, 0.15) is 5.76 Å². The van der Waals surface area contributed by atoms with Crippen LogP contribution in [0.3, 0.4) is 0 Å². The average Bonchev–Trinajstić information content (AvgIpc) is 3.32. The fourth-order valence-electron chi connectivity index (χ4n) is 3.95. The molecule has 1 aliphatic heterocycles. The van der Waals surface area contributed by atoms with E-state index in [9.17, 15) is 13.2 Å². The predicted octanol–water partition coefficient (Wildman–Crippen LogP) is 2.85. The standard InChI is InChI=1S/C23H25N3O4S/c1-16-14-18-4-2-3-5-21(18)26(16)15-22-20(11-13-30-22)23(27)25-12-10-17-6-8-19(9-7-17)31(24,28)29/h2-9,11,13,16H,10,12,14-15H2,1H3,(H,25,27)(H2,24,28,29). The molecule has 0 bridgehead atoms. The highest BCUT2D eigenvalue weighted by Gasteiger charge is 2.27. The van der Waals surface area contributed by atoms with Gasteiger partial charge in [0.15, 0.2) is 0 Å². The van der Waals surface area contributed by atoms with Crippen LogP contribution in [-0.2, 0) is 29.4 Å². The summed E-state index contributed by atoms with van der Waals surface area (Å²) in [7, 11) is -3.70. The number of primary sulfonamides is 1. The molecule has 0 radical (unpaired) electrons. The Balaban J connectivity index is 1.37. The van der Waals surface area contributed by atoms with E-state index in [0.29, 0.717) is 36.9 Å². The van der Waals surface area contributed by atoms with E-state index in [-0.39, 0.29) is 10.8 Å². The van der Waals surface area contributed by atoms with Gasteiger partial charge in [0.2, 0.25) is 10.0 Å². The van der Waals surface area contributed by atoms with Gasteiger partial charge in [0, 0.05) is 18.3 Å². The number of nitrogens with one attached hydrogen (secondary N) is 1. The van der Waals surface area contributed by atoms with Crippen LogP contribution < -0.4 is 15.4 Å². The van der Waals surface area contributed by atoms with Crippen LogP contribution in [0, 0.1) is 0 Å². The minimum atomic E-state index is -3.70. The van der Waals surface area contributed by atoms with Crippen molar-refractivity contribution >= 4 is 21.6 Å². The van der Waals surface area contributed by atoms with Crippen LogP contribution >= 0.6 is 0 Å². The van der Waals surface area contributed by atoms with Gasteiger partial charge in [0.05, 0.1) is 23.3 Å². The summed E-state index contributed by atoms with van der Waals surface area (Å²) in [6.07, 6.45) is 3.09. The van der Waals surface area contributed by atoms with E-state index in [1.54, 1.807) is 24.5 Å². The first-order chi connectivity index (χ1) is 14.8. The third-order valence-corrected chi connectivity index (χ3v) is 6.53. The number of hydrogen-bond acceptors (Lipinski definition) is 5. The first-order valence-corrected chi connectivity index (χ1v) is 11.7. The summed E-state index contributed by atoms with van der Waals surface area (Å²) in [5.74, 6) is 0.448. The van der Waals surface area contributed by atoms with Gasteiger partial charge in [-0.25, -0.2) is 13.6 Å². The van der Waals surface area contributed by atoms with E-state index < -0.39 is 10.0 Å². The number of sulfonamides is 1. The van der Waals surface area contributed by atoms with Gasteiger partial charge in [-0.1, -0.05) is 30.3 Å². The topological polar surface area (TPSA) is 106 Å². The average molecular weight is 440 g/mol. The van der Waals surface area contributed by atoms with Gasteiger partial charge in [-0.15, -0.1) is 0 Å². The van der Waals surface area contributed by atoms with Crippen molar-refractivity contribution in [1.29, 1.82) is 0 Å². The SMILES string of the molecule is CC1Cc2ccccc2N1Cc1occc1C(=O)NCCc1ccc(S(N)(=O)=O)cc1. The smallest absolute Gasteiger partial charge is 0.254 e. The molecule has 0 saturated carbocycles. The summed E-state index contributed by atoms with van der Waals surface area (Å²) in [4.78, 5) is 15.1. The molecule has 31 heavy (non-hydrogen) atoms. The summed E-state index contributed by atoms with van der Waals surface area (Å²) in [6.45, 7) is 3.12. The van der Waals surface area contributed by atoms with Crippen molar-refractivity contribution in [2.75, 3.05) is 11.4 Å². The lowest BCUT2D eigenvalue weighted by atomic mass is 10.1. The summed E-state index contributed by atoms with van der Waals surface area (Å²) < 4.78 is 28.3. The lowest BCUT2D eigenvalue weighted by Gasteiger charge is -2.24. The van der Waals surface area contributed by atoms with E-state index >= 15 is 0 Å². The van der Waals surface area contributed by atoms with Crippen LogP contribution in [0.1, 0.15) is 34.2 Å². The molecular weight excluding hydrogens is 414 g/mol. The van der Waals surface area contributed by atoms with Gasteiger partial charge in [-0.05, 0) is 55.2 Å². The van der Waals surface area contributed by atoms with Crippen molar-refractivity contribution in [3.05, 3.63) is 83.3 Å². The molecule has 4 rings (SSSR count). The second kappa shape index (κ2) is 8.56. The number of nitrogens with two attached hydrogens (primary N) is 1. The van der Waals surface area contributed by atoms with Crippen molar-refractivity contribution in [2.24, 2.45) is 5.14 Å². The van der Waals surface area contributed by atoms with Crippen molar-refractivity contribution in [3.63, 3.8) is 0 Å². The van der Waals surface area contributed by atoms with Crippen LogP contribution in [0.5, 0.6) is 0 Å².